The highest BCUT2D eigenvalue weighted by Crippen LogP contribution is 2.37. The van der Waals surface area contributed by atoms with Crippen LogP contribution in [-0.4, -0.2) is 29.2 Å². The van der Waals surface area contributed by atoms with E-state index >= 15 is 0 Å². The second kappa shape index (κ2) is 8.80. The van der Waals surface area contributed by atoms with Crippen molar-refractivity contribution in [3.05, 3.63) is 77.6 Å². The first-order valence-corrected chi connectivity index (χ1v) is 11.2. The first-order chi connectivity index (χ1) is 16.3. The number of rotatable bonds is 4. The van der Waals surface area contributed by atoms with Crippen LogP contribution in [-0.2, 0) is 15.5 Å². The number of aryl methyl sites for hydroxylation is 1. The third kappa shape index (κ3) is 5.11. The minimum absolute atomic E-state index is 0.128. The van der Waals surface area contributed by atoms with E-state index in [9.17, 15) is 18.0 Å². The lowest BCUT2D eigenvalue weighted by molar-refractivity contribution is -0.141. The lowest BCUT2D eigenvalue weighted by atomic mass is 9.77. The van der Waals surface area contributed by atoms with Crippen molar-refractivity contribution in [1.29, 1.82) is 0 Å². The number of benzene rings is 2. The van der Waals surface area contributed by atoms with Crippen LogP contribution in [0.15, 0.2) is 60.8 Å². The summed E-state index contributed by atoms with van der Waals surface area (Å²) in [5.74, 6) is -0.654. The van der Waals surface area contributed by atoms with Gasteiger partial charge in [-0.3, -0.25) is 9.78 Å². The van der Waals surface area contributed by atoms with Crippen molar-refractivity contribution < 1.29 is 27.3 Å². The topological polar surface area (TPSA) is 60.5 Å². The lowest BCUT2D eigenvalue weighted by Gasteiger charge is -2.32. The van der Waals surface area contributed by atoms with Gasteiger partial charge in [0.15, 0.2) is 0 Å². The number of aromatic nitrogens is 1. The molecule has 0 atom stereocenters. The minimum atomic E-state index is -4.63. The quantitative estimate of drug-likeness (QED) is 0.490. The molecule has 2 heterocycles. The van der Waals surface area contributed by atoms with Crippen LogP contribution in [0.3, 0.4) is 0 Å². The van der Waals surface area contributed by atoms with Crippen molar-refractivity contribution >= 4 is 24.2 Å². The molecule has 0 bridgehead atoms. The summed E-state index contributed by atoms with van der Waals surface area (Å²) in [6.45, 7) is 9.92. The Morgan fingerprint density at radius 2 is 1.66 bits per heavy atom. The summed E-state index contributed by atoms with van der Waals surface area (Å²) in [6.07, 6.45) is -3.66. The molecule has 0 spiro atoms. The average molecular weight is 482 g/mol. The van der Waals surface area contributed by atoms with Gasteiger partial charge in [-0.25, -0.2) is 0 Å². The Kier molecular flexibility index (Phi) is 6.27. The fourth-order valence-electron chi connectivity index (χ4n) is 3.77. The number of amides is 1. The Morgan fingerprint density at radius 1 is 0.971 bits per heavy atom. The molecule has 1 amide bonds. The highest BCUT2D eigenvalue weighted by Gasteiger charge is 2.51. The van der Waals surface area contributed by atoms with Crippen molar-refractivity contribution in [2.24, 2.45) is 0 Å². The predicted octanol–water partition coefficient (Wildman–Crippen LogP) is 5.63. The van der Waals surface area contributed by atoms with Crippen LogP contribution in [0, 0.1) is 6.92 Å². The van der Waals surface area contributed by atoms with E-state index < -0.39 is 36.1 Å². The second-order valence-corrected chi connectivity index (χ2v) is 9.63. The molecule has 182 valence electrons. The van der Waals surface area contributed by atoms with E-state index in [0.29, 0.717) is 5.69 Å². The molecule has 9 heteroatoms. The summed E-state index contributed by atoms with van der Waals surface area (Å²) in [7, 11) is -0.516. The summed E-state index contributed by atoms with van der Waals surface area (Å²) in [5, 5.41) is 2.68. The number of carbonyl (C=O) groups excluding carboxylic acids is 1. The molecule has 3 aromatic rings. The van der Waals surface area contributed by atoms with Crippen LogP contribution in [0.1, 0.15) is 49.3 Å². The highest BCUT2D eigenvalue weighted by atomic mass is 19.4. The number of hydrogen-bond donors (Lipinski definition) is 1. The van der Waals surface area contributed by atoms with E-state index in [4.69, 9.17) is 9.31 Å². The Morgan fingerprint density at radius 3 is 2.31 bits per heavy atom. The molecule has 35 heavy (non-hydrogen) atoms. The van der Waals surface area contributed by atoms with E-state index in [1.54, 1.807) is 12.1 Å². The second-order valence-electron chi connectivity index (χ2n) is 9.63. The predicted molar refractivity (Wildman–Crippen MR) is 130 cm³/mol. The average Bonchev–Trinajstić information content (AvgIpc) is 3.01. The number of alkyl halides is 3. The maximum absolute atomic E-state index is 13.0. The van der Waals surface area contributed by atoms with E-state index in [1.807, 2.05) is 65.0 Å². The number of carbonyl (C=O) groups is 1. The largest absolute Gasteiger partial charge is 0.494 e. The molecule has 1 aromatic heterocycles. The van der Waals surface area contributed by atoms with Gasteiger partial charge in [0.25, 0.3) is 5.91 Å². The zero-order chi connectivity index (χ0) is 25.6. The molecular formula is C26H26BF3N2O3. The number of nitrogens with zero attached hydrogens (tertiary/aromatic N) is 1. The summed E-state index contributed by atoms with van der Waals surface area (Å²) >= 11 is 0. The third-order valence-electron chi connectivity index (χ3n) is 6.53. The van der Waals surface area contributed by atoms with Gasteiger partial charge in [0.1, 0.15) is 5.69 Å². The van der Waals surface area contributed by atoms with Gasteiger partial charge in [0.2, 0.25) is 0 Å². The van der Waals surface area contributed by atoms with Crippen LogP contribution < -0.4 is 10.8 Å². The molecule has 1 N–H and O–H groups in total. The van der Waals surface area contributed by atoms with Crippen molar-refractivity contribution in [2.45, 2.75) is 52.0 Å². The summed E-state index contributed by atoms with van der Waals surface area (Å²) in [6, 6.07) is 15.1. The van der Waals surface area contributed by atoms with Gasteiger partial charge in [-0.15, -0.1) is 0 Å². The third-order valence-corrected chi connectivity index (χ3v) is 6.53. The number of nitrogens with one attached hydrogen (secondary N) is 1. The monoisotopic (exact) mass is 482 g/mol. The number of anilines is 1. The first kappa shape index (κ1) is 24.9. The van der Waals surface area contributed by atoms with E-state index in [0.717, 1.165) is 34.4 Å². The first-order valence-electron chi connectivity index (χ1n) is 11.2. The SMILES string of the molecule is Cc1ccc(NC(=O)c2ccnc(C(F)(F)F)c2)cc1-c1cccc(B2OC(C)(C)C(C)(C)O2)c1. The summed E-state index contributed by atoms with van der Waals surface area (Å²) < 4.78 is 51.2. The molecule has 4 rings (SSSR count). The number of hydrogen-bond acceptors (Lipinski definition) is 4. The van der Waals surface area contributed by atoms with Gasteiger partial charge < -0.3 is 14.6 Å². The van der Waals surface area contributed by atoms with Crippen LogP contribution in [0.5, 0.6) is 0 Å². The maximum atomic E-state index is 13.0. The molecule has 1 aliphatic heterocycles. The maximum Gasteiger partial charge on any atom is 0.494 e. The Bertz CT molecular complexity index is 1260. The minimum Gasteiger partial charge on any atom is -0.399 e. The summed E-state index contributed by atoms with van der Waals surface area (Å²) in [5.41, 5.74) is 1.89. The van der Waals surface area contributed by atoms with Crippen LogP contribution in [0.4, 0.5) is 18.9 Å². The Hall–Kier alpha value is -3.17. The van der Waals surface area contributed by atoms with Gasteiger partial charge >= 0.3 is 13.3 Å². The molecular weight excluding hydrogens is 456 g/mol. The van der Waals surface area contributed by atoms with Crippen LogP contribution >= 0.6 is 0 Å². The fraction of sp³-hybridized carbons (Fsp3) is 0.308. The van der Waals surface area contributed by atoms with Crippen molar-refractivity contribution in [3.8, 4) is 11.1 Å². The summed E-state index contributed by atoms with van der Waals surface area (Å²) in [4.78, 5) is 15.9. The Labute approximate surface area is 202 Å². The molecule has 0 radical (unpaired) electrons. The molecule has 2 aromatic carbocycles. The Balaban J connectivity index is 1.59. The van der Waals surface area contributed by atoms with Gasteiger partial charge in [-0.2, -0.15) is 13.2 Å². The molecule has 1 aliphatic rings. The van der Waals surface area contributed by atoms with Gasteiger partial charge in [-0.05, 0) is 81.0 Å². The fourth-order valence-corrected chi connectivity index (χ4v) is 3.77. The van der Waals surface area contributed by atoms with Crippen LogP contribution in [0.2, 0.25) is 0 Å². The highest BCUT2D eigenvalue weighted by molar-refractivity contribution is 6.62. The standard InChI is InChI=1S/C26H26BF3N2O3/c1-16-9-10-20(32-23(33)18-11-12-31-22(14-18)26(28,29)30)15-21(16)17-7-6-8-19(13-17)27-34-24(2,3)25(4,5)35-27/h6-15H,1-5H3,(H,32,33). The molecule has 0 saturated carbocycles. The zero-order valence-corrected chi connectivity index (χ0v) is 20.2. The van der Waals surface area contributed by atoms with E-state index in [-0.39, 0.29) is 5.56 Å². The number of pyridine rings is 1. The molecule has 1 saturated heterocycles. The van der Waals surface area contributed by atoms with Crippen molar-refractivity contribution in [2.75, 3.05) is 5.32 Å². The van der Waals surface area contributed by atoms with Crippen LogP contribution in [0.25, 0.3) is 11.1 Å². The molecule has 5 nitrogen and oxygen atoms in total. The molecule has 1 fully saturated rings. The van der Waals surface area contributed by atoms with Gasteiger partial charge in [-0.1, -0.05) is 30.3 Å². The normalized spacial score (nSPS) is 16.9. The zero-order valence-electron chi connectivity index (χ0n) is 20.2. The van der Waals surface area contributed by atoms with E-state index in [1.165, 1.54) is 6.07 Å². The van der Waals surface area contributed by atoms with E-state index in [2.05, 4.69) is 10.3 Å². The molecule has 0 unspecified atom stereocenters. The van der Waals surface area contributed by atoms with Crippen molar-refractivity contribution in [3.63, 3.8) is 0 Å². The van der Waals surface area contributed by atoms with Gasteiger partial charge in [0, 0.05) is 17.4 Å². The van der Waals surface area contributed by atoms with Gasteiger partial charge in [0.05, 0.1) is 11.2 Å². The molecule has 0 aliphatic carbocycles. The smallest absolute Gasteiger partial charge is 0.399 e. The number of halogens is 3. The van der Waals surface area contributed by atoms with Crippen molar-refractivity contribution in [1.82, 2.24) is 4.98 Å². The lowest BCUT2D eigenvalue weighted by Crippen LogP contribution is -2.41.